The fourth-order valence-electron chi connectivity index (χ4n) is 2.07. The van der Waals surface area contributed by atoms with Crippen molar-refractivity contribution in [3.63, 3.8) is 0 Å². The molecule has 1 fully saturated rings. The smallest absolute Gasteiger partial charge is 0.306 e. The summed E-state index contributed by atoms with van der Waals surface area (Å²) in [5, 5.41) is 8.80. The third kappa shape index (κ3) is 3.90. The van der Waals surface area contributed by atoms with Crippen molar-refractivity contribution >= 4 is 11.9 Å². The first-order chi connectivity index (χ1) is 7.13. The molecule has 15 heavy (non-hydrogen) atoms. The normalized spacial score (nSPS) is 25.9. The fraction of sp³-hybridized carbons (Fsp3) is 0.818. The lowest BCUT2D eigenvalue weighted by molar-refractivity contribution is -0.145. The average molecular weight is 214 g/mol. The highest BCUT2D eigenvalue weighted by Gasteiger charge is 2.27. The first kappa shape index (κ1) is 12.0. The first-order valence-electron chi connectivity index (χ1n) is 5.52. The van der Waals surface area contributed by atoms with Gasteiger partial charge >= 0.3 is 11.9 Å². The number of aliphatic carboxylic acids is 1. The molecule has 0 unspecified atom stereocenters. The Kier molecular flexibility index (Phi) is 4.59. The van der Waals surface area contributed by atoms with Crippen LogP contribution in [0.2, 0.25) is 0 Å². The molecule has 1 aliphatic rings. The van der Waals surface area contributed by atoms with Crippen LogP contribution in [0.5, 0.6) is 0 Å². The van der Waals surface area contributed by atoms with Crippen LogP contribution in [0, 0.1) is 11.8 Å². The van der Waals surface area contributed by atoms with Crippen LogP contribution >= 0.6 is 0 Å². The molecule has 1 aliphatic carbocycles. The number of ether oxygens (including phenoxy) is 1. The van der Waals surface area contributed by atoms with Gasteiger partial charge in [0, 0.05) is 6.42 Å². The maximum Gasteiger partial charge on any atom is 0.306 e. The molecule has 0 spiro atoms. The molecule has 4 heteroatoms. The molecule has 4 nitrogen and oxygen atoms in total. The molecule has 0 heterocycles. The Hall–Kier alpha value is -1.06. The lowest BCUT2D eigenvalue weighted by Gasteiger charge is -2.25. The van der Waals surface area contributed by atoms with Crippen molar-refractivity contribution in [2.24, 2.45) is 11.8 Å². The molecular weight excluding hydrogens is 196 g/mol. The maximum atomic E-state index is 11.2. The van der Waals surface area contributed by atoms with Crippen LogP contribution in [0.25, 0.3) is 0 Å². The Morgan fingerprint density at radius 1 is 1.27 bits per heavy atom. The lowest BCUT2D eigenvalue weighted by atomic mass is 9.80. The molecule has 0 aromatic heterocycles. The number of carboxylic acids is 1. The molecule has 0 aromatic carbocycles. The van der Waals surface area contributed by atoms with Crippen molar-refractivity contribution in [3.05, 3.63) is 0 Å². The molecule has 0 atom stereocenters. The Balaban J connectivity index is 2.25. The van der Waals surface area contributed by atoms with E-state index in [0.29, 0.717) is 31.8 Å². The quantitative estimate of drug-likeness (QED) is 0.725. The molecule has 0 amide bonds. The number of hydrogen-bond donors (Lipinski definition) is 1. The minimum atomic E-state index is -0.704. The van der Waals surface area contributed by atoms with Gasteiger partial charge in [0.05, 0.1) is 12.5 Å². The monoisotopic (exact) mass is 214 g/mol. The van der Waals surface area contributed by atoms with Crippen LogP contribution < -0.4 is 0 Å². The molecule has 0 aromatic rings. The second-order valence-corrected chi connectivity index (χ2v) is 4.07. The van der Waals surface area contributed by atoms with Crippen molar-refractivity contribution in [3.8, 4) is 0 Å². The van der Waals surface area contributed by atoms with E-state index in [2.05, 4.69) is 0 Å². The first-order valence-corrected chi connectivity index (χ1v) is 5.52. The zero-order valence-electron chi connectivity index (χ0n) is 9.07. The number of rotatable bonds is 4. The van der Waals surface area contributed by atoms with Crippen LogP contribution in [0.3, 0.4) is 0 Å². The summed E-state index contributed by atoms with van der Waals surface area (Å²) in [7, 11) is 0. The van der Waals surface area contributed by atoms with E-state index in [1.807, 2.05) is 0 Å². The highest BCUT2D eigenvalue weighted by atomic mass is 16.5. The summed E-state index contributed by atoms with van der Waals surface area (Å²) in [6.07, 6.45) is 3.49. The van der Waals surface area contributed by atoms with Gasteiger partial charge in [0.15, 0.2) is 0 Å². The second kappa shape index (κ2) is 5.73. The summed E-state index contributed by atoms with van der Waals surface area (Å²) < 4.78 is 4.86. The van der Waals surface area contributed by atoms with Crippen molar-refractivity contribution in [1.82, 2.24) is 0 Å². The van der Waals surface area contributed by atoms with Gasteiger partial charge in [-0.15, -0.1) is 0 Å². The van der Waals surface area contributed by atoms with Gasteiger partial charge in [-0.25, -0.2) is 0 Å². The number of carbonyl (C=O) groups excluding carboxylic acids is 1. The molecule has 1 N–H and O–H groups in total. The number of carboxylic acid groups (broad SMARTS) is 1. The van der Waals surface area contributed by atoms with E-state index in [1.54, 1.807) is 6.92 Å². The summed E-state index contributed by atoms with van der Waals surface area (Å²) in [6.45, 7) is 2.21. The minimum absolute atomic E-state index is 0.156. The SMILES string of the molecule is CCOC(=O)C[C@H]1CC[C@@H](C(=O)O)CC1. The van der Waals surface area contributed by atoms with Gasteiger partial charge in [-0.05, 0) is 38.5 Å². The van der Waals surface area contributed by atoms with Gasteiger partial charge in [0.25, 0.3) is 0 Å². The predicted molar refractivity (Wildman–Crippen MR) is 54.3 cm³/mol. The van der Waals surface area contributed by atoms with Crippen LogP contribution in [0.1, 0.15) is 39.0 Å². The summed E-state index contributed by atoms with van der Waals surface area (Å²) in [4.78, 5) is 21.9. The van der Waals surface area contributed by atoms with E-state index in [1.165, 1.54) is 0 Å². The average Bonchev–Trinajstić information content (AvgIpc) is 2.18. The van der Waals surface area contributed by atoms with Crippen molar-refractivity contribution in [2.45, 2.75) is 39.0 Å². The van der Waals surface area contributed by atoms with Gasteiger partial charge < -0.3 is 9.84 Å². The maximum absolute atomic E-state index is 11.2. The van der Waals surface area contributed by atoms with Crippen molar-refractivity contribution in [1.29, 1.82) is 0 Å². The highest BCUT2D eigenvalue weighted by Crippen LogP contribution is 2.31. The lowest BCUT2D eigenvalue weighted by Crippen LogP contribution is -2.23. The van der Waals surface area contributed by atoms with E-state index in [0.717, 1.165) is 12.8 Å². The zero-order chi connectivity index (χ0) is 11.3. The molecule has 86 valence electrons. The molecule has 0 saturated heterocycles. The zero-order valence-corrected chi connectivity index (χ0v) is 9.07. The minimum Gasteiger partial charge on any atom is -0.481 e. The van der Waals surface area contributed by atoms with E-state index >= 15 is 0 Å². The van der Waals surface area contributed by atoms with Gasteiger partial charge in [-0.2, -0.15) is 0 Å². The van der Waals surface area contributed by atoms with Gasteiger partial charge in [0.1, 0.15) is 0 Å². The molecule has 1 rings (SSSR count). The summed E-state index contributed by atoms with van der Waals surface area (Å²) >= 11 is 0. The third-order valence-electron chi connectivity index (χ3n) is 2.96. The second-order valence-electron chi connectivity index (χ2n) is 4.07. The standard InChI is InChI=1S/C11H18O4/c1-2-15-10(12)7-8-3-5-9(6-4-8)11(13)14/h8-9H,2-7H2,1H3,(H,13,14)/t8-,9+. The Labute approximate surface area is 89.6 Å². The predicted octanol–water partition coefficient (Wildman–Crippen LogP) is 1.83. The summed E-state index contributed by atoms with van der Waals surface area (Å²) in [6, 6.07) is 0. The van der Waals surface area contributed by atoms with E-state index < -0.39 is 5.97 Å². The topological polar surface area (TPSA) is 63.6 Å². The third-order valence-corrected chi connectivity index (χ3v) is 2.96. The fourth-order valence-corrected chi connectivity index (χ4v) is 2.07. The van der Waals surface area contributed by atoms with Crippen LogP contribution in [-0.2, 0) is 14.3 Å². The van der Waals surface area contributed by atoms with E-state index in [4.69, 9.17) is 9.84 Å². The summed E-state index contributed by atoms with van der Waals surface area (Å²) in [5.41, 5.74) is 0. The number of hydrogen-bond acceptors (Lipinski definition) is 3. The van der Waals surface area contributed by atoms with Crippen LogP contribution in [0.4, 0.5) is 0 Å². The van der Waals surface area contributed by atoms with Crippen molar-refractivity contribution in [2.75, 3.05) is 6.61 Å². The van der Waals surface area contributed by atoms with Gasteiger partial charge in [0.2, 0.25) is 0 Å². The molecule has 0 bridgehead atoms. The van der Waals surface area contributed by atoms with Gasteiger partial charge in [-0.1, -0.05) is 0 Å². The number of carbonyl (C=O) groups is 2. The van der Waals surface area contributed by atoms with Gasteiger partial charge in [-0.3, -0.25) is 9.59 Å². The van der Waals surface area contributed by atoms with Crippen LogP contribution in [0.15, 0.2) is 0 Å². The Bertz CT molecular complexity index is 229. The molecule has 0 radical (unpaired) electrons. The highest BCUT2D eigenvalue weighted by molar-refractivity contribution is 5.71. The Morgan fingerprint density at radius 3 is 2.33 bits per heavy atom. The van der Waals surface area contributed by atoms with Crippen LogP contribution in [-0.4, -0.2) is 23.7 Å². The molecular formula is C11H18O4. The summed E-state index contributed by atoms with van der Waals surface area (Å²) in [5.74, 6) is -0.746. The molecule has 0 aliphatic heterocycles. The van der Waals surface area contributed by atoms with Crippen molar-refractivity contribution < 1.29 is 19.4 Å². The Morgan fingerprint density at radius 2 is 1.87 bits per heavy atom. The van der Waals surface area contributed by atoms with E-state index in [-0.39, 0.29) is 11.9 Å². The largest absolute Gasteiger partial charge is 0.481 e. The molecule has 1 saturated carbocycles. The van der Waals surface area contributed by atoms with E-state index in [9.17, 15) is 9.59 Å². The number of esters is 1.